The van der Waals surface area contributed by atoms with Crippen molar-refractivity contribution in [3.8, 4) is 0 Å². The number of halogens is 3. The number of carbonyl (C=O) groups is 1. The third-order valence-electron chi connectivity index (χ3n) is 7.18. The van der Waals surface area contributed by atoms with Crippen molar-refractivity contribution >= 4 is 51.9 Å². The maximum absolute atomic E-state index is 12.2. The van der Waals surface area contributed by atoms with Crippen LogP contribution in [-0.2, 0) is 25.4 Å². The lowest BCUT2D eigenvalue weighted by Crippen LogP contribution is -2.40. The first-order valence-corrected chi connectivity index (χ1v) is 16.8. The number of alkyl halides is 1. The van der Waals surface area contributed by atoms with Gasteiger partial charge in [-0.05, 0) is 55.2 Å². The molecule has 4 rings (SSSR count). The molecule has 44 heavy (non-hydrogen) atoms. The maximum Gasteiger partial charge on any atom is 0.407 e. The fourth-order valence-electron chi connectivity index (χ4n) is 5.11. The van der Waals surface area contributed by atoms with Crippen molar-refractivity contribution in [2.75, 3.05) is 24.2 Å². The van der Waals surface area contributed by atoms with Crippen LogP contribution in [0.4, 0.5) is 4.79 Å². The standard InChI is InChI=1S/C36H38Cl2INO4/c1-34(2,3)44-33(41)40-22-24-42-35(26-39,30-19-20-31(37)32(38)25-30)21-23-43-36(27-13-7-4-8-14-27,28-15-9-5-10-16-28)29-17-11-6-12-18-29/h4-20,25H,21-24,26H2,1-3H3,(H,40,41). The van der Waals surface area contributed by atoms with E-state index in [1.54, 1.807) is 6.07 Å². The summed E-state index contributed by atoms with van der Waals surface area (Å²) in [5.41, 5.74) is 1.72. The molecular formula is C36H38Cl2INO4. The molecule has 0 spiro atoms. The number of ether oxygens (including phenoxy) is 3. The van der Waals surface area contributed by atoms with Crippen LogP contribution in [-0.4, -0.2) is 35.9 Å². The molecule has 0 aliphatic heterocycles. The summed E-state index contributed by atoms with van der Waals surface area (Å²) in [6, 6.07) is 36.4. The van der Waals surface area contributed by atoms with E-state index in [2.05, 4.69) is 64.3 Å². The number of hydrogen-bond acceptors (Lipinski definition) is 4. The summed E-state index contributed by atoms with van der Waals surface area (Å²) in [5, 5.41) is 3.70. The van der Waals surface area contributed by atoms with E-state index in [0.717, 1.165) is 22.3 Å². The van der Waals surface area contributed by atoms with Gasteiger partial charge in [0, 0.05) is 17.4 Å². The summed E-state index contributed by atoms with van der Waals surface area (Å²) in [6.07, 6.45) is 0.0200. The van der Waals surface area contributed by atoms with Crippen molar-refractivity contribution in [3.05, 3.63) is 141 Å². The largest absolute Gasteiger partial charge is 0.444 e. The van der Waals surface area contributed by atoms with Gasteiger partial charge in [0.15, 0.2) is 0 Å². The smallest absolute Gasteiger partial charge is 0.407 e. The van der Waals surface area contributed by atoms with E-state index < -0.39 is 22.9 Å². The lowest BCUT2D eigenvalue weighted by atomic mass is 9.80. The molecule has 0 bridgehead atoms. The van der Waals surface area contributed by atoms with Gasteiger partial charge in [0.1, 0.15) is 16.8 Å². The zero-order valence-corrected chi connectivity index (χ0v) is 28.9. The van der Waals surface area contributed by atoms with Crippen LogP contribution in [0.1, 0.15) is 49.4 Å². The minimum Gasteiger partial charge on any atom is -0.444 e. The maximum atomic E-state index is 12.2. The Morgan fingerprint density at radius 3 is 1.68 bits per heavy atom. The van der Waals surface area contributed by atoms with Crippen LogP contribution in [0.2, 0.25) is 10.0 Å². The van der Waals surface area contributed by atoms with E-state index in [1.807, 2.05) is 87.5 Å². The quantitative estimate of drug-likeness (QED) is 0.0641. The molecule has 0 aromatic heterocycles. The van der Waals surface area contributed by atoms with E-state index >= 15 is 0 Å². The highest BCUT2D eigenvalue weighted by molar-refractivity contribution is 14.1. The van der Waals surface area contributed by atoms with Gasteiger partial charge in [-0.2, -0.15) is 0 Å². The summed E-state index contributed by atoms with van der Waals surface area (Å²) in [5.74, 6) is 0. The van der Waals surface area contributed by atoms with E-state index in [1.165, 1.54) is 0 Å². The first-order chi connectivity index (χ1) is 21.1. The molecule has 8 heteroatoms. The normalized spacial score (nSPS) is 13.2. The molecule has 0 saturated heterocycles. The molecule has 0 fully saturated rings. The molecule has 0 radical (unpaired) electrons. The summed E-state index contributed by atoms with van der Waals surface area (Å²) < 4.78 is 19.7. The molecule has 1 atom stereocenters. The van der Waals surface area contributed by atoms with Gasteiger partial charge in [-0.25, -0.2) is 4.79 Å². The van der Waals surface area contributed by atoms with E-state index in [-0.39, 0.29) is 13.2 Å². The molecule has 5 nitrogen and oxygen atoms in total. The van der Waals surface area contributed by atoms with Crippen LogP contribution in [0.15, 0.2) is 109 Å². The molecule has 232 valence electrons. The van der Waals surface area contributed by atoms with Crippen LogP contribution >= 0.6 is 45.8 Å². The zero-order chi connectivity index (χ0) is 31.6. The van der Waals surface area contributed by atoms with E-state index in [9.17, 15) is 4.79 Å². The Balaban J connectivity index is 1.66. The van der Waals surface area contributed by atoms with Crippen LogP contribution < -0.4 is 5.32 Å². The van der Waals surface area contributed by atoms with E-state index in [4.69, 9.17) is 37.4 Å². The molecule has 0 saturated carbocycles. The topological polar surface area (TPSA) is 56.8 Å². The summed E-state index contributed by atoms with van der Waals surface area (Å²) in [4.78, 5) is 12.2. The van der Waals surface area contributed by atoms with Gasteiger partial charge in [0.05, 0.1) is 23.3 Å². The molecule has 4 aromatic carbocycles. The lowest BCUT2D eigenvalue weighted by Gasteiger charge is -2.38. The molecule has 1 unspecified atom stereocenters. The van der Waals surface area contributed by atoms with Crippen LogP contribution in [0.25, 0.3) is 0 Å². The SMILES string of the molecule is CC(C)(C)OC(=O)NCCOC(CI)(CCOC(c1ccccc1)(c1ccccc1)c1ccccc1)c1ccc(Cl)c(Cl)c1. The number of amides is 1. The highest BCUT2D eigenvalue weighted by Gasteiger charge is 2.39. The molecule has 1 amide bonds. The Morgan fingerprint density at radius 1 is 0.705 bits per heavy atom. The average molecular weight is 747 g/mol. The van der Waals surface area contributed by atoms with Crippen molar-refractivity contribution in [1.82, 2.24) is 5.32 Å². The van der Waals surface area contributed by atoms with Gasteiger partial charge in [-0.1, -0.05) is 143 Å². The predicted molar refractivity (Wildman–Crippen MR) is 187 cm³/mol. The lowest BCUT2D eigenvalue weighted by molar-refractivity contribution is -0.0705. The molecule has 0 aliphatic rings. The second-order valence-corrected chi connectivity index (χ2v) is 13.0. The number of rotatable bonds is 13. The van der Waals surface area contributed by atoms with Gasteiger partial charge in [0.2, 0.25) is 0 Å². The second kappa shape index (κ2) is 15.6. The zero-order valence-electron chi connectivity index (χ0n) is 25.2. The summed E-state index contributed by atoms with van der Waals surface area (Å²) in [6.45, 7) is 6.36. The fraction of sp³-hybridized carbons (Fsp3) is 0.306. The Labute approximate surface area is 284 Å². The molecule has 4 aromatic rings. The molecule has 0 heterocycles. The Bertz CT molecular complexity index is 1390. The van der Waals surface area contributed by atoms with Crippen molar-refractivity contribution in [3.63, 3.8) is 0 Å². The molecule has 1 N–H and O–H groups in total. The number of hydrogen-bond donors (Lipinski definition) is 1. The van der Waals surface area contributed by atoms with Gasteiger partial charge in [0.25, 0.3) is 0 Å². The number of carbonyl (C=O) groups excluding carboxylic acids is 1. The summed E-state index contributed by atoms with van der Waals surface area (Å²) >= 11 is 15.1. The van der Waals surface area contributed by atoms with E-state index in [0.29, 0.717) is 27.5 Å². The van der Waals surface area contributed by atoms with Gasteiger partial charge in [-0.15, -0.1) is 0 Å². The van der Waals surface area contributed by atoms with Gasteiger partial charge < -0.3 is 19.5 Å². The van der Waals surface area contributed by atoms with Gasteiger partial charge >= 0.3 is 6.09 Å². The first kappa shape index (κ1) is 34.3. The Hall–Kier alpha value is -2.62. The second-order valence-electron chi connectivity index (χ2n) is 11.4. The third kappa shape index (κ3) is 8.55. The molecule has 0 aliphatic carbocycles. The highest BCUT2D eigenvalue weighted by Crippen LogP contribution is 2.42. The minimum absolute atomic E-state index is 0.254. The average Bonchev–Trinajstić information content (AvgIpc) is 3.02. The number of benzene rings is 4. The monoisotopic (exact) mass is 745 g/mol. The highest BCUT2D eigenvalue weighted by atomic mass is 127. The Kier molecular flexibility index (Phi) is 12.1. The third-order valence-corrected chi connectivity index (χ3v) is 9.15. The first-order valence-electron chi connectivity index (χ1n) is 14.5. The van der Waals surface area contributed by atoms with Gasteiger partial charge in [-0.3, -0.25) is 0 Å². The van der Waals surface area contributed by atoms with Crippen LogP contribution in [0, 0.1) is 0 Å². The Morgan fingerprint density at radius 2 is 1.23 bits per heavy atom. The van der Waals surface area contributed by atoms with Crippen LogP contribution in [0.5, 0.6) is 0 Å². The minimum atomic E-state index is -0.864. The van der Waals surface area contributed by atoms with Crippen LogP contribution in [0.3, 0.4) is 0 Å². The number of alkyl carbamates (subject to hydrolysis) is 1. The predicted octanol–water partition coefficient (Wildman–Crippen LogP) is 9.56. The summed E-state index contributed by atoms with van der Waals surface area (Å²) in [7, 11) is 0. The number of nitrogens with one attached hydrogen (secondary N) is 1. The van der Waals surface area contributed by atoms with Crippen molar-refractivity contribution in [1.29, 1.82) is 0 Å². The fourth-order valence-corrected chi connectivity index (χ4v) is 6.45. The molecular weight excluding hydrogens is 708 g/mol. The van der Waals surface area contributed by atoms with Crippen molar-refractivity contribution in [2.45, 2.75) is 44.0 Å². The van der Waals surface area contributed by atoms with Crippen molar-refractivity contribution < 1.29 is 19.0 Å². The van der Waals surface area contributed by atoms with Crippen molar-refractivity contribution in [2.24, 2.45) is 0 Å².